The van der Waals surface area contributed by atoms with Crippen LogP contribution in [0, 0.1) is 34.5 Å². The molecule has 0 unspecified atom stereocenters. The number of nitrogens with two attached hydrogens (primary N) is 1. The topological polar surface area (TPSA) is 115 Å². The van der Waals surface area contributed by atoms with Crippen LogP contribution >= 0.6 is 0 Å². The maximum Gasteiger partial charge on any atom is 0.339 e. The van der Waals surface area contributed by atoms with E-state index in [0.29, 0.717) is 35.8 Å². The van der Waals surface area contributed by atoms with E-state index in [4.69, 9.17) is 10.5 Å². The van der Waals surface area contributed by atoms with Crippen LogP contribution in [0.3, 0.4) is 0 Å². The molecule has 0 saturated heterocycles. The van der Waals surface area contributed by atoms with E-state index < -0.39 is 5.97 Å². The van der Waals surface area contributed by atoms with Crippen LogP contribution in [-0.4, -0.2) is 47.9 Å². The highest BCUT2D eigenvalue weighted by atomic mass is 16.5. The smallest absolute Gasteiger partial charge is 0.339 e. The number of nitrogens with one attached hydrogen (secondary N) is 1. The van der Waals surface area contributed by atoms with Gasteiger partial charge >= 0.3 is 5.97 Å². The van der Waals surface area contributed by atoms with Gasteiger partial charge in [-0.25, -0.2) is 9.78 Å². The van der Waals surface area contributed by atoms with Crippen molar-refractivity contribution in [2.75, 3.05) is 25.2 Å². The van der Waals surface area contributed by atoms with Gasteiger partial charge in [0.15, 0.2) is 0 Å². The van der Waals surface area contributed by atoms with Crippen molar-refractivity contribution in [3.05, 3.63) is 30.0 Å². The van der Waals surface area contributed by atoms with E-state index in [0.717, 1.165) is 38.5 Å². The number of pyridine rings is 1. The molecule has 2 heterocycles. The average Bonchev–Trinajstić information content (AvgIpc) is 3.18. The van der Waals surface area contributed by atoms with Crippen molar-refractivity contribution in [2.24, 2.45) is 34.5 Å². The third-order valence-electron chi connectivity index (χ3n) is 10.4. The normalized spacial score (nSPS) is 37.1. The van der Waals surface area contributed by atoms with Gasteiger partial charge in [-0.1, -0.05) is 19.9 Å². The number of methoxy groups -OCH3 is 1. The lowest BCUT2D eigenvalue weighted by atomic mass is 9.47. The first kappa shape index (κ1) is 24.8. The number of aromatic nitrogens is 1. The second-order valence-electron chi connectivity index (χ2n) is 11.8. The summed E-state index contributed by atoms with van der Waals surface area (Å²) in [7, 11) is 3.26. The van der Waals surface area contributed by atoms with Gasteiger partial charge in [-0.05, 0) is 79.8 Å². The van der Waals surface area contributed by atoms with Crippen LogP contribution in [0.4, 0.5) is 11.5 Å². The summed E-state index contributed by atoms with van der Waals surface area (Å²) in [6.07, 6.45) is 12.4. The van der Waals surface area contributed by atoms with Crippen molar-refractivity contribution in [2.45, 2.75) is 64.8 Å². The number of ether oxygens (including phenoxy) is 1. The molecule has 0 aromatic carbocycles. The van der Waals surface area contributed by atoms with Gasteiger partial charge in [0.1, 0.15) is 5.82 Å². The fraction of sp³-hybridized carbons (Fsp3) is 0.643. The van der Waals surface area contributed by atoms with Crippen molar-refractivity contribution in [3.8, 4) is 0 Å². The van der Waals surface area contributed by atoms with Gasteiger partial charge < -0.3 is 20.7 Å². The van der Waals surface area contributed by atoms with E-state index in [1.54, 1.807) is 6.08 Å². The Morgan fingerprint density at radius 3 is 2.72 bits per heavy atom. The molecule has 1 aromatic rings. The minimum absolute atomic E-state index is 0.0253. The van der Waals surface area contributed by atoms with Crippen LogP contribution in [0.2, 0.25) is 0 Å². The molecular weight excluding hydrogens is 456 g/mol. The summed E-state index contributed by atoms with van der Waals surface area (Å²) in [4.78, 5) is 43.3. The number of amides is 2. The maximum absolute atomic E-state index is 13.1. The largest absolute Gasteiger partial charge is 0.465 e. The highest BCUT2D eigenvalue weighted by Crippen LogP contribution is 2.66. The first-order chi connectivity index (χ1) is 17.1. The van der Waals surface area contributed by atoms with E-state index in [1.807, 2.05) is 11.9 Å². The summed E-state index contributed by atoms with van der Waals surface area (Å²) in [5.41, 5.74) is 6.72. The minimum atomic E-state index is -0.521. The molecule has 8 nitrogen and oxygen atoms in total. The minimum Gasteiger partial charge on any atom is -0.465 e. The molecule has 0 radical (unpaired) electrons. The molecule has 2 amide bonds. The van der Waals surface area contributed by atoms with Crippen molar-refractivity contribution in [3.63, 3.8) is 0 Å². The molecule has 1 aromatic heterocycles. The number of fused-ring (bicyclic) bond motifs is 5. The Morgan fingerprint density at radius 2 is 1.97 bits per heavy atom. The third-order valence-corrected chi connectivity index (χ3v) is 10.4. The number of nitrogen functional groups attached to an aromatic ring is 1. The number of hydrogen-bond acceptors (Lipinski definition) is 6. The first-order valence-corrected chi connectivity index (χ1v) is 13.2. The summed E-state index contributed by atoms with van der Waals surface area (Å²) in [5.74, 6) is 1.79. The van der Waals surface area contributed by atoms with Crippen molar-refractivity contribution in [1.29, 1.82) is 0 Å². The molecule has 5 rings (SSSR count). The summed E-state index contributed by atoms with van der Waals surface area (Å²) >= 11 is 0. The fourth-order valence-corrected chi connectivity index (χ4v) is 8.41. The zero-order valence-electron chi connectivity index (χ0n) is 21.8. The number of nitrogens with zero attached hydrogens (tertiary/aromatic N) is 2. The molecule has 8 heteroatoms. The summed E-state index contributed by atoms with van der Waals surface area (Å²) in [6, 6.07) is 1.80. The summed E-state index contributed by atoms with van der Waals surface area (Å²) in [6.45, 7) is 4.75. The monoisotopic (exact) mass is 494 g/mol. The SMILES string of the molecule is COC(=O)c1cnc(N)c(NC(=O)C[C@H]2CC[C@H]3[C@@H]4CC[C@H]5N(C)C(=O)C=C[C@]5(C)[C@H]4CC[C@]23C)c1. The van der Waals surface area contributed by atoms with Gasteiger partial charge in [0.05, 0.1) is 18.4 Å². The van der Waals surface area contributed by atoms with Crippen molar-refractivity contribution >= 4 is 29.3 Å². The molecule has 1 aliphatic heterocycles. The summed E-state index contributed by atoms with van der Waals surface area (Å²) in [5, 5.41) is 2.90. The Bertz CT molecular complexity index is 1120. The Kier molecular flexibility index (Phi) is 6.12. The number of esters is 1. The van der Waals surface area contributed by atoms with Gasteiger partial charge in [0.25, 0.3) is 0 Å². The Balaban J connectivity index is 1.30. The van der Waals surface area contributed by atoms with E-state index in [-0.39, 0.29) is 40.1 Å². The molecule has 3 saturated carbocycles. The molecule has 4 aliphatic rings. The van der Waals surface area contributed by atoms with E-state index in [2.05, 4.69) is 30.2 Å². The second-order valence-corrected chi connectivity index (χ2v) is 11.8. The number of carbonyl (C=O) groups is 3. The lowest BCUT2D eigenvalue weighted by Gasteiger charge is -2.60. The standard InChI is InChI=1S/C28H38N4O4/c1-27-11-9-20-18(6-8-22-28(20,2)12-10-24(34)32(22)3)19(27)7-5-17(27)14-23(33)31-21-13-16(26(35)36-4)15-30-25(21)29/h10,12-13,15,17-20,22H,5-9,11,14H2,1-4H3,(H2,29,30)(H,31,33)/t17-,18+,19+,20+,22-,27-,28-/m1/s1. The van der Waals surface area contributed by atoms with E-state index in [1.165, 1.54) is 19.4 Å². The van der Waals surface area contributed by atoms with E-state index >= 15 is 0 Å². The van der Waals surface area contributed by atoms with Gasteiger partial charge in [-0.3, -0.25) is 9.59 Å². The van der Waals surface area contributed by atoms with Crippen LogP contribution in [0.5, 0.6) is 0 Å². The zero-order valence-corrected chi connectivity index (χ0v) is 21.8. The van der Waals surface area contributed by atoms with Gasteiger partial charge in [0.2, 0.25) is 11.8 Å². The predicted molar refractivity (Wildman–Crippen MR) is 137 cm³/mol. The predicted octanol–water partition coefficient (Wildman–Crippen LogP) is 4.03. The Labute approximate surface area is 213 Å². The molecule has 7 atom stereocenters. The van der Waals surface area contributed by atoms with E-state index in [9.17, 15) is 14.4 Å². The molecule has 0 bridgehead atoms. The Morgan fingerprint density at radius 1 is 1.19 bits per heavy atom. The lowest BCUT2D eigenvalue weighted by Crippen LogP contribution is -2.59. The lowest BCUT2D eigenvalue weighted by molar-refractivity contribution is -0.139. The fourth-order valence-electron chi connectivity index (χ4n) is 8.41. The van der Waals surface area contributed by atoms with Crippen LogP contribution in [0.15, 0.2) is 24.4 Å². The van der Waals surface area contributed by atoms with Gasteiger partial charge in [-0.15, -0.1) is 0 Å². The molecule has 36 heavy (non-hydrogen) atoms. The molecule has 0 spiro atoms. The van der Waals surface area contributed by atoms with Crippen LogP contribution < -0.4 is 11.1 Å². The molecule has 3 N–H and O–H groups in total. The highest BCUT2D eigenvalue weighted by Gasteiger charge is 2.60. The first-order valence-electron chi connectivity index (χ1n) is 13.2. The molecule has 194 valence electrons. The zero-order chi connectivity index (χ0) is 25.8. The summed E-state index contributed by atoms with van der Waals surface area (Å²) < 4.78 is 4.75. The number of anilines is 2. The van der Waals surface area contributed by atoms with Crippen LogP contribution in [0.1, 0.15) is 69.2 Å². The van der Waals surface area contributed by atoms with Crippen LogP contribution in [0.25, 0.3) is 0 Å². The van der Waals surface area contributed by atoms with Crippen molar-refractivity contribution < 1.29 is 19.1 Å². The van der Waals surface area contributed by atoms with Crippen LogP contribution in [-0.2, 0) is 14.3 Å². The van der Waals surface area contributed by atoms with Gasteiger partial charge in [-0.2, -0.15) is 0 Å². The maximum atomic E-state index is 13.1. The average molecular weight is 495 g/mol. The Hall–Kier alpha value is -2.90. The molecular formula is C28H38N4O4. The van der Waals surface area contributed by atoms with Crippen molar-refractivity contribution in [1.82, 2.24) is 9.88 Å². The third kappa shape index (κ3) is 3.80. The number of rotatable bonds is 4. The molecule has 3 fully saturated rings. The second kappa shape index (κ2) is 8.89. The van der Waals surface area contributed by atoms with Gasteiger partial charge in [0, 0.05) is 31.1 Å². The highest BCUT2D eigenvalue weighted by molar-refractivity contribution is 5.96. The molecule has 3 aliphatic carbocycles. The number of likely N-dealkylation sites (N-methyl/N-ethyl adjacent to an activating group) is 1. The number of carbonyl (C=O) groups excluding carboxylic acids is 3. The number of hydrogen-bond donors (Lipinski definition) is 2. The quantitative estimate of drug-likeness (QED) is 0.611.